The van der Waals surface area contributed by atoms with Crippen LogP contribution in [0.5, 0.6) is 0 Å². The normalized spacial score (nSPS) is 39.3. The number of hydrogen-bond acceptors (Lipinski definition) is 2. The highest BCUT2D eigenvalue weighted by Crippen LogP contribution is 2.62. The van der Waals surface area contributed by atoms with E-state index in [2.05, 4.69) is 27.7 Å². The molecule has 0 amide bonds. The van der Waals surface area contributed by atoms with Crippen LogP contribution >= 0.6 is 0 Å². The van der Waals surface area contributed by atoms with Gasteiger partial charge >= 0.3 is 0 Å². The van der Waals surface area contributed by atoms with Crippen LogP contribution in [0.3, 0.4) is 0 Å². The second kappa shape index (κ2) is 7.21. The highest BCUT2D eigenvalue weighted by Gasteiger charge is 2.53. The van der Waals surface area contributed by atoms with Crippen LogP contribution in [-0.2, 0) is 0 Å². The Hall–Kier alpha value is -0.0800. The molecule has 0 saturated heterocycles. The Morgan fingerprint density at radius 1 is 1.05 bits per heavy atom. The first-order valence-electron chi connectivity index (χ1n) is 9.57. The summed E-state index contributed by atoms with van der Waals surface area (Å²) in [6, 6.07) is 0. The van der Waals surface area contributed by atoms with Crippen molar-refractivity contribution in [3.8, 4) is 0 Å². The van der Waals surface area contributed by atoms with Crippen LogP contribution in [0.25, 0.3) is 0 Å². The van der Waals surface area contributed by atoms with E-state index in [0.717, 1.165) is 30.6 Å². The zero-order valence-electron chi connectivity index (χ0n) is 15.3. The first-order chi connectivity index (χ1) is 10.3. The van der Waals surface area contributed by atoms with E-state index < -0.39 is 0 Å². The van der Waals surface area contributed by atoms with Gasteiger partial charge in [-0.1, -0.05) is 40.5 Å². The predicted octanol–water partition coefficient (Wildman–Crippen LogP) is 4.64. The minimum absolute atomic E-state index is 0.207. The quantitative estimate of drug-likeness (QED) is 0.750. The van der Waals surface area contributed by atoms with Crippen molar-refractivity contribution < 1.29 is 10.2 Å². The summed E-state index contributed by atoms with van der Waals surface area (Å²) in [6.45, 7) is 10.4. The van der Waals surface area contributed by atoms with Crippen molar-refractivity contribution in [1.29, 1.82) is 0 Å². The smallest absolute Gasteiger partial charge is 0.0460 e. The molecule has 0 unspecified atom stereocenters. The molecule has 2 N–H and O–H groups in total. The number of aliphatic hydroxyl groups is 2. The van der Waals surface area contributed by atoms with Gasteiger partial charge in [0.25, 0.3) is 0 Å². The van der Waals surface area contributed by atoms with Crippen molar-refractivity contribution >= 4 is 0 Å². The minimum atomic E-state index is 0.207. The molecule has 0 aliphatic heterocycles. The van der Waals surface area contributed by atoms with Crippen LogP contribution in [0.4, 0.5) is 0 Å². The fourth-order valence-electron chi connectivity index (χ4n) is 6.15. The molecule has 0 aromatic carbocycles. The van der Waals surface area contributed by atoms with Crippen LogP contribution < -0.4 is 0 Å². The van der Waals surface area contributed by atoms with Gasteiger partial charge in [-0.15, -0.1) is 0 Å². The van der Waals surface area contributed by atoms with Gasteiger partial charge in [0.05, 0.1) is 0 Å². The number of rotatable bonds is 6. The van der Waals surface area contributed by atoms with Crippen LogP contribution in [0.1, 0.15) is 79.1 Å². The Bertz CT molecular complexity index is 352. The first kappa shape index (κ1) is 18.3. The third-order valence-corrected chi connectivity index (χ3v) is 7.40. The lowest BCUT2D eigenvalue weighted by Crippen LogP contribution is -2.51. The van der Waals surface area contributed by atoms with E-state index in [4.69, 9.17) is 5.11 Å². The molecule has 0 heterocycles. The van der Waals surface area contributed by atoms with Gasteiger partial charge in [-0.05, 0) is 73.0 Å². The summed E-state index contributed by atoms with van der Waals surface area (Å²) >= 11 is 0. The predicted molar refractivity (Wildman–Crippen MR) is 92.6 cm³/mol. The minimum Gasteiger partial charge on any atom is -0.396 e. The van der Waals surface area contributed by atoms with Crippen LogP contribution in [0, 0.1) is 34.5 Å². The fraction of sp³-hybridized carbons (Fsp3) is 1.00. The third kappa shape index (κ3) is 3.53. The summed E-state index contributed by atoms with van der Waals surface area (Å²) in [7, 11) is 0. The van der Waals surface area contributed by atoms with Crippen molar-refractivity contribution in [2.75, 3.05) is 13.2 Å². The number of aliphatic hydroxyl groups excluding tert-OH is 2. The molecular formula is C20H38O2. The largest absolute Gasteiger partial charge is 0.396 e. The zero-order valence-corrected chi connectivity index (χ0v) is 15.3. The number of hydrogen-bond donors (Lipinski definition) is 2. The second-order valence-electron chi connectivity index (χ2n) is 9.20. The SMILES string of the molecule is C[C@H]1CC[C@H]2C(C)(C)CCC[C@]2(C)[C@H]1CC[C@H](CO)CCO. The monoisotopic (exact) mass is 310 g/mol. The maximum Gasteiger partial charge on any atom is 0.0460 e. The van der Waals surface area contributed by atoms with E-state index in [0.29, 0.717) is 10.8 Å². The Balaban J connectivity index is 2.10. The van der Waals surface area contributed by atoms with Crippen molar-refractivity contribution in [3.63, 3.8) is 0 Å². The molecule has 2 rings (SSSR count). The van der Waals surface area contributed by atoms with Gasteiger partial charge in [0.15, 0.2) is 0 Å². The lowest BCUT2D eigenvalue weighted by Gasteiger charge is -2.59. The van der Waals surface area contributed by atoms with Gasteiger partial charge in [-0.2, -0.15) is 0 Å². The molecular weight excluding hydrogens is 272 g/mol. The molecule has 0 aromatic heterocycles. The maximum atomic E-state index is 9.52. The molecule has 2 fully saturated rings. The molecule has 2 aliphatic rings. The van der Waals surface area contributed by atoms with E-state index >= 15 is 0 Å². The van der Waals surface area contributed by atoms with E-state index in [-0.39, 0.29) is 19.1 Å². The maximum absolute atomic E-state index is 9.52. The van der Waals surface area contributed by atoms with Gasteiger partial charge in [0.2, 0.25) is 0 Å². The molecule has 2 heteroatoms. The molecule has 2 saturated carbocycles. The molecule has 0 bridgehead atoms. The highest BCUT2D eigenvalue weighted by molar-refractivity contribution is 5.02. The molecule has 0 radical (unpaired) electrons. The average Bonchev–Trinajstić information content (AvgIpc) is 2.44. The summed E-state index contributed by atoms with van der Waals surface area (Å²) in [4.78, 5) is 0. The average molecular weight is 311 g/mol. The zero-order chi connectivity index (χ0) is 16.4. The van der Waals surface area contributed by atoms with Crippen LogP contribution in [0.2, 0.25) is 0 Å². The fourth-order valence-corrected chi connectivity index (χ4v) is 6.15. The molecule has 22 heavy (non-hydrogen) atoms. The van der Waals surface area contributed by atoms with Gasteiger partial charge < -0.3 is 10.2 Å². The Morgan fingerprint density at radius 2 is 1.77 bits per heavy atom. The van der Waals surface area contributed by atoms with Gasteiger partial charge in [0, 0.05) is 13.2 Å². The lowest BCUT2D eigenvalue weighted by atomic mass is 9.46. The van der Waals surface area contributed by atoms with Crippen LogP contribution in [-0.4, -0.2) is 23.4 Å². The Morgan fingerprint density at radius 3 is 2.41 bits per heavy atom. The van der Waals surface area contributed by atoms with Gasteiger partial charge in [-0.3, -0.25) is 0 Å². The van der Waals surface area contributed by atoms with Gasteiger partial charge in [-0.25, -0.2) is 0 Å². The highest BCUT2D eigenvalue weighted by atomic mass is 16.3. The first-order valence-corrected chi connectivity index (χ1v) is 9.57. The van der Waals surface area contributed by atoms with E-state index in [9.17, 15) is 5.11 Å². The molecule has 0 spiro atoms. The summed E-state index contributed by atoms with van der Waals surface area (Å²) in [5.74, 6) is 2.75. The molecule has 5 atom stereocenters. The molecule has 2 aliphatic carbocycles. The van der Waals surface area contributed by atoms with E-state index in [1.54, 1.807) is 0 Å². The van der Waals surface area contributed by atoms with Gasteiger partial charge in [0.1, 0.15) is 0 Å². The standard InChI is InChI=1S/C20H38O2/c1-15-6-9-18-19(2,3)11-5-12-20(18,4)17(15)8-7-16(14-22)10-13-21/h15-18,21-22H,5-14H2,1-4H3/t15-,16-,17-,18-,20+/m0/s1. The van der Waals surface area contributed by atoms with Crippen molar-refractivity contribution in [1.82, 2.24) is 0 Å². The van der Waals surface area contributed by atoms with Crippen molar-refractivity contribution in [2.24, 2.45) is 34.5 Å². The van der Waals surface area contributed by atoms with E-state index in [1.807, 2.05) is 0 Å². The summed E-state index contributed by atoms with van der Waals surface area (Å²) in [5.41, 5.74) is 0.978. The van der Waals surface area contributed by atoms with Crippen LogP contribution in [0.15, 0.2) is 0 Å². The molecule has 0 aromatic rings. The summed E-state index contributed by atoms with van der Waals surface area (Å²) in [5, 5.41) is 18.7. The summed E-state index contributed by atoms with van der Waals surface area (Å²) < 4.78 is 0. The Kier molecular flexibility index (Phi) is 5.99. The topological polar surface area (TPSA) is 40.5 Å². The third-order valence-electron chi connectivity index (χ3n) is 7.40. The number of fused-ring (bicyclic) bond motifs is 1. The van der Waals surface area contributed by atoms with E-state index in [1.165, 1.54) is 38.5 Å². The lowest BCUT2D eigenvalue weighted by molar-refractivity contribution is -0.0978. The second-order valence-corrected chi connectivity index (χ2v) is 9.20. The molecule has 2 nitrogen and oxygen atoms in total. The molecule has 130 valence electrons. The summed E-state index contributed by atoms with van der Waals surface area (Å²) in [6.07, 6.45) is 9.99. The van der Waals surface area contributed by atoms with Crippen molar-refractivity contribution in [2.45, 2.75) is 79.1 Å². The van der Waals surface area contributed by atoms with Crippen molar-refractivity contribution in [3.05, 3.63) is 0 Å². The Labute approximate surface area is 137 Å².